The summed E-state index contributed by atoms with van der Waals surface area (Å²) < 4.78 is 11.9. The first-order valence-electron chi connectivity index (χ1n) is 7.50. The molecule has 116 valence electrons. The predicted octanol–water partition coefficient (Wildman–Crippen LogP) is 0.739. The number of hydrogen-bond donors (Lipinski definition) is 3. The lowest BCUT2D eigenvalue weighted by atomic mass is 9.90. The topological polar surface area (TPSA) is 79.2 Å². The second-order valence-electron chi connectivity index (χ2n) is 5.87. The summed E-state index contributed by atoms with van der Waals surface area (Å²) in [4.78, 5) is 0. The number of rotatable bonds is 2. The predicted molar refractivity (Wildman–Crippen MR) is 75.5 cm³/mol. The van der Waals surface area contributed by atoms with E-state index in [0.717, 1.165) is 12.0 Å². The molecule has 2 aliphatic heterocycles. The smallest absolute Gasteiger partial charge is 0.197 e. The lowest BCUT2D eigenvalue weighted by Crippen LogP contribution is -2.59. The first-order valence-corrected chi connectivity index (χ1v) is 7.50. The molecule has 0 aliphatic carbocycles. The summed E-state index contributed by atoms with van der Waals surface area (Å²) >= 11 is 0. The average molecular weight is 294 g/mol. The van der Waals surface area contributed by atoms with E-state index in [2.05, 4.69) is 6.07 Å². The van der Waals surface area contributed by atoms with Crippen LogP contribution in [-0.2, 0) is 22.5 Å². The Morgan fingerprint density at radius 1 is 1.19 bits per heavy atom. The van der Waals surface area contributed by atoms with Crippen LogP contribution in [0.3, 0.4) is 0 Å². The van der Waals surface area contributed by atoms with Gasteiger partial charge < -0.3 is 24.8 Å². The van der Waals surface area contributed by atoms with Crippen LogP contribution in [0.4, 0.5) is 0 Å². The van der Waals surface area contributed by atoms with Crippen molar-refractivity contribution in [3.63, 3.8) is 0 Å². The van der Waals surface area contributed by atoms with E-state index in [1.165, 1.54) is 5.56 Å². The van der Waals surface area contributed by atoms with Gasteiger partial charge in [-0.3, -0.25) is 0 Å². The fourth-order valence-electron chi connectivity index (χ4n) is 3.26. The van der Waals surface area contributed by atoms with E-state index >= 15 is 0 Å². The fraction of sp³-hybridized carbons (Fsp3) is 0.625. The molecule has 1 spiro atoms. The molecule has 1 fully saturated rings. The summed E-state index contributed by atoms with van der Waals surface area (Å²) in [5.74, 6) is -1.18. The molecular weight excluding hydrogens is 272 g/mol. The molecule has 5 heteroatoms. The highest BCUT2D eigenvalue weighted by Gasteiger charge is 2.50. The Labute approximate surface area is 124 Å². The zero-order valence-electron chi connectivity index (χ0n) is 11.9. The van der Waals surface area contributed by atoms with Crippen LogP contribution in [-0.4, -0.2) is 46.0 Å². The molecule has 1 aromatic carbocycles. The van der Waals surface area contributed by atoms with Crippen LogP contribution in [0.25, 0.3) is 0 Å². The monoisotopic (exact) mass is 294 g/mol. The van der Waals surface area contributed by atoms with Crippen molar-refractivity contribution in [1.82, 2.24) is 0 Å². The van der Waals surface area contributed by atoms with Crippen molar-refractivity contribution in [2.24, 2.45) is 0 Å². The highest BCUT2D eigenvalue weighted by molar-refractivity contribution is 5.27. The fourth-order valence-corrected chi connectivity index (χ4v) is 3.26. The zero-order valence-corrected chi connectivity index (χ0v) is 11.9. The van der Waals surface area contributed by atoms with Gasteiger partial charge in [-0.15, -0.1) is 0 Å². The van der Waals surface area contributed by atoms with E-state index < -0.39 is 18.0 Å². The van der Waals surface area contributed by atoms with E-state index in [4.69, 9.17) is 14.6 Å². The van der Waals surface area contributed by atoms with Crippen molar-refractivity contribution in [2.45, 2.75) is 56.4 Å². The van der Waals surface area contributed by atoms with Crippen molar-refractivity contribution >= 4 is 0 Å². The van der Waals surface area contributed by atoms with Crippen molar-refractivity contribution in [2.75, 3.05) is 6.61 Å². The zero-order chi connectivity index (χ0) is 14.9. The molecule has 2 heterocycles. The lowest BCUT2D eigenvalue weighted by molar-refractivity contribution is -0.346. The van der Waals surface area contributed by atoms with Gasteiger partial charge in [0.2, 0.25) is 0 Å². The summed E-state index contributed by atoms with van der Waals surface area (Å²) in [5, 5.41) is 29.6. The molecule has 21 heavy (non-hydrogen) atoms. The normalized spacial score (nSPS) is 36.2. The van der Waals surface area contributed by atoms with E-state index in [9.17, 15) is 10.2 Å². The molecule has 4 atom stereocenters. The molecule has 0 saturated carbocycles. The number of benzene rings is 1. The van der Waals surface area contributed by atoms with Crippen LogP contribution in [0.2, 0.25) is 0 Å². The van der Waals surface area contributed by atoms with Gasteiger partial charge in [-0.25, -0.2) is 0 Å². The Kier molecular flexibility index (Phi) is 4.28. The quantitative estimate of drug-likeness (QED) is 0.750. The van der Waals surface area contributed by atoms with E-state index in [1.807, 2.05) is 18.2 Å². The first kappa shape index (κ1) is 14.9. The Morgan fingerprint density at radius 3 is 2.71 bits per heavy atom. The van der Waals surface area contributed by atoms with E-state index in [0.29, 0.717) is 25.9 Å². The van der Waals surface area contributed by atoms with Crippen LogP contribution >= 0.6 is 0 Å². The van der Waals surface area contributed by atoms with Crippen molar-refractivity contribution in [3.05, 3.63) is 35.4 Å². The van der Waals surface area contributed by atoms with Crippen molar-refractivity contribution in [3.8, 4) is 0 Å². The van der Waals surface area contributed by atoms with Gasteiger partial charge in [0.25, 0.3) is 0 Å². The van der Waals surface area contributed by atoms with E-state index in [-0.39, 0.29) is 12.7 Å². The maximum Gasteiger partial charge on any atom is 0.197 e. The molecule has 5 nitrogen and oxygen atoms in total. The van der Waals surface area contributed by atoms with Crippen molar-refractivity contribution < 1.29 is 24.8 Å². The molecular formula is C16H22O5. The number of fused-ring (bicyclic) bond motifs is 1. The minimum Gasteiger partial charge on any atom is -0.396 e. The largest absolute Gasteiger partial charge is 0.396 e. The van der Waals surface area contributed by atoms with Gasteiger partial charge in [0.15, 0.2) is 5.79 Å². The average Bonchev–Trinajstić information content (AvgIpc) is 2.67. The molecule has 1 aromatic rings. The highest BCUT2D eigenvalue weighted by atomic mass is 16.7. The number of aliphatic hydroxyl groups is 3. The van der Waals surface area contributed by atoms with Gasteiger partial charge in [-0.1, -0.05) is 24.3 Å². The first-order chi connectivity index (χ1) is 10.1. The van der Waals surface area contributed by atoms with Crippen LogP contribution < -0.4 is 0 Å². The third-order valence-corrected chi connectivity index (χ3v) is 4.47. The molecule has 0 aromatic heterocycles. The second-order valence-corrected chi connectivity index (χ2v) is 5.87. The van der Waals surface area contributed by atoms with Gasteiger partial charge in [-0.2, -0.15) is 0 Å². The second kappa shape index (κ2) is 6.02. The van der Waals surface area contributed by atoms with Crippen LogP contribution in [0.5, 0.6) is 0 Å². The van der Waals surface area contributed by atoms with Crippen LogP contribution in [0, 0.1) is 0 Å². The van der Waals surface area contributed by atoms with Crippen LogP contribution in [0.1, 0.15) is 30.4 Å². The maximum atomic E-state index is 10.4. The summed E-state index contributed by atoms with van der Waals surface area (Å²) in [5.41, 5.74) is 2.27. The Hall–Kier alpha value is -0.980. The number of aliphatic hydroxyl groups excluding tert-OH is 3. The molecule has 0 amide bonds. The van der Waals surface area contributed by atoms with E-state index in [1.54, 1.807) is 0 Å². The molecule has 2 aliphatic rings. The minimum absolute atomic E-state index is 0.0101. The van der Waals surface area contributed by atoms with Gasteiger partial charge >= 0.3 is 0 Å². The molecule has 3 N–H and O–H groups in total. The molecule has 0 bridgehead atoms. The summed E-state index contributed by atoms with van der Waals surface area (Å²) in [6.45, 7) is 0.343. The third kappa shape index (κ3) is 2.84. The van der Waals surface area contributed by atoms with Gasteiger partial charge in [-0.05, 0) is 24.0 Å². The number of ether oxygens (including phenoxy) is 2. The summed E-state index contributed by atoms with van der Waals surface area (Å²) in [6.07, 6.45) is -0.287. The number of aryl methyl sites for hydroxylation is 1. The maximum absolute atomic E-state index is 10.4. The third-order valence-electron chi connectivity index (χ3n) is 4.47. The Balaban J connectivity index is 1.82. The van der Waals surface area contributed by atoms with Crippen LogP contribution in [0.15, 0.2) is 24.3 Å². The lowest BCUT2D eigenvalue weighted by Gasteiger charge is -2.46. The minimum atomic E-state index is -1.18. The van der Waals surface area contributed by atoms with Gasteiger partial charge in [0, 0.05) is 19.4 Å². The van der Waals surface area contributed by atoms with Crippen molar-refractivity contribution in [1.29, 1.82) is 0 Å². The summed E-state index contributed by atoms with van der Waals surface area (Å²) in [6, 6.07) is 8.00. The standard InChI is InChI=1S/C16H22O5/c17-8-6-13-9-14(18)15(19)16(21-13)7-5-11-3-1-2-4-12(11)10-20-16/h1-4,13-15,17-19H,5-10H2/t13-,14+,15-,16+/m1/s1. The van der Waals surface area contributed by atoms with Gasteiger partial charge in [0.1, 0.15) is 6.10 Å². The highest BCUT2D eigenvalue weighted by Crippen LogP contribution is 2.38. The molecule has 0 radical (unpaired) electrons. The summed E-state index contributed by atoms with van der Waals surface area (Å²) in [7, 11) is 0. The number of hydrogen-bond acceptors (Lipinski definition) is 5. The Bertz CT molecular complexity index is 462. The van der Waals surface area contributed by atoms with Gasteiger partial charge in [0.05, 0.1) is 18.8 Å². The Morgan fingerprint density at radius 2 is 1.95 bits per heavy atom. The molecule has 3 rings (SSSR count). The molecule has 1 saturated heterocycles. The molecule has 0 unspecified atom stereocenters. The SMILES string of the molecule is OCC[C@@H]1C[C@H](O)[C@@H](O)[C@]2(CCc3ccccc3CO2)O1.